The van der Waals surface area contributed by atoms with Gasteiger partial charge in [-0.05, 0) is 36.1 Å². The van der Waals surface area contributed by atoms with Crippen LogP contribution in [0.4, 0.5) is 0 Å². The van der Waals surface area contributed by atoms with Gasteiger partial charge in [0.2, 0.25) is 23.6 Å². The van der Waals surface area contributed by atoms with E-state index < -0.39 is 71.6 Å². The number of rotatable bonds is 16. The van der Waals surface area contributed by atoms with Crippen molar-refractivity contribution >= 4 is 40.4 Å². The molecule has 0 unspecified atom stereocenters. The zero-order valence-corrected chi connectivity index (χ0v) is 23.3. The summed E-state index contributed by atoms with van der Waals surface area (Å²) in [5, 5.41) is 28.4. The van der Waals surface area contributed by atoms with E-state index in [1.165, 1.54) is 18.4 Å². The predicted molar refractivity (Wildman–Crippen MR) is 151 cm³/mol. The van der Waals surface area contributed by atoms with Crippen molar-refractivity contribution < 1.29 is 38.4 Å². The first-order valence-electron chi connectivity index (χ1n) is 12.7. The minimum Gasteiger partial charge on any atom is -0.508 e. The number of hydrogen-bond donors (Lipinski definition) is 7. The molecule has 0 aliphatic heterocycles. The highest BCUT2D eigenvalue weighted by atomic mass is 32.2. The van der Waals surface area contributed by atoms with Crippen LogP contribution < -0.4 is 27.0 Å². The topological polar surface area (TPSA) is 217 Å². The van der Waals surface area contributed by atoms with E-state index in [1.54, 1.807) is 42.5 Å². The first-order valence-corrected chi connectivity index (χ1v) is 14.4. The van der Waals surface area contributed by atoms with Crippen LogP contribution in [0, 0.1) is 0 Å². The molecule has 0 fully saturated rings. The Kier molecular flexibility index (Phi) is 13.4. The van der Waals surface area contributed by atoms with Crippen LogP contribution in [0.5, 0.6) is 5.75 Å². The average molecular weight is 590 g/mol. The molecule has 41 heavy (non-hydrogen) atoms. The Labute approximate surface area is 239 Å². The number of hydrogen-bond acceptors (Lipinski definition) is 8. The van der Waals surface area contributed by atoms with Crippen molar-refractivity contribution in [2.45, 2.75) is 37.4 Å². The van der Waals surface area contributed by atoms with Gasteiger partial charge in [0.15, 0.2) is 0 Å². The Morgan fingerprint density at radius 3 is 2.02 bits per heavy atom. The van der Waals surface area contributed by atoms with Gasteiger partial charge in [-0.2, -0.15) is 0 Å². The van der Waals surface area contributed by atoms with Crippen LogP contribution in [0.1, 0.15) is 17.5 Å². The Morgan fingerprint density at radius 1 is 0.805 bits per heavy atom. The molecule has 8 N–H and O–H groups in total. The standard InChI is InChI=1S/C27H35N5O8S/c1-41(40)12-11-21(27(38)39)32-26(37)22(14-17-5-3-2-4-6-17)31-24(35)16-29-23(34)15-30-25(36)20(28)13-18-7-9-19(33)10-8-18/h2-10,20-22,33H,11-16,28H2,1H3,(H,29,34)(H,30,36)(H,31,35)(H,32,37)(H,38,39)/t20-,21-,22-,41-/m0/s1. The summed E-state index contributed by atoms with van der Waals surface area (Å²) in [4.78, 5) is 61.5. The van der Waals surface area contributed by atoms with Gasteiger partial charge in [-0.1, -0.05) is 42.5 Å². The molecule has 0 saturated heterocycles. The first kappa shape index (κ1) is 32.9. The molecule has 2 rings (SSSR count). The van der Waals surface area contributed by atoms with Crippen molar-refractivity contribution in [1.29, 1.82) is 0 Å². The lowest BCUT2D eigenvalue weighted by atomic mass is 10.0. The summed E-state index contributed by atoms with van der Waals surface area (Å²) in [6.45, 7) is -0.952. The first-order chi connectivity index (χ1) is 19.4. The third kappa shape index (κ3) is 12.6. The summed E-state index contributed by atoms with van der Waals surface area (Å²) < 4.78 is 11.4. The second-order valence-electron chi connectivity index (χ2n) is 9.25. The van der Waals surface area contributed by atoms with E-state index in [0.717, 1.165) is 5.56 Å². The van der Waals surface area contributed by atoms with Crippen molar-refractivity contribution in [3.63, 3.8) is 0 Å². The fourth-order valence-corrected chi connectivity index (χ4v) is 4.20. The third-order valence-electron chi connectivity index (χ3n) is 5.84. The number of carboxylic acids is 1. The molecule has 0 bridgehead atoms. The molecule has 0 spiro atoms. The maximum atomic E-state index is 12.9. The van der Waals surface area contributed by atoms with Crippen LogP contribution in [-0.4, -0.2) is 87.2 Å². The van der Waals surface area contributed by atoms with Crippen molar-refractivity contribution in [2.24, 2.45) is 5.73 Å². The highest BCUT2D eigenvalue weighted by Crippen LogP contribution is 2.11. The van der Waals surface area contributed by atoms with Gasteiger partial charge >= 0.3 is 5.97 Å². The quantitative estimate of drug-likeness (QED) is 0.122. The molecule has 0 aliphatic carbocycles. The number of carbonyl (C=O) groups is 5. The normalized spacial score (nSPS) is 13.6. The fraction of sp³-hybridized carbons (Fsp3) is 0.370. The van der Waals surface area contributed by atoms with Gasteiger partial charge in [-0.25, -0.2) is 4.79 Å². The van der Waals surface area contributed by atoms with Crippen LogP contribution in [0.2, 0.25) is 0 Å². The van der Waals surface area contributed by atoms with E-state index in [0.29, 0.717) is 5.56 Å². The summed E-state index contributed by atoms with van der Waals surface area (Å²) in [6, 6.07) is 11.5. The molecule has 0 saturated carbocycles. The van der Waals surface area contributed by atoms with Crippen molar-refractivity contribution in [1.82, 2.24) is 21.3 Å². The number of amides is 4. The minimum atomic E-state index is -1.30. The highest BCUT2D eigenvalue weighted by molar-refractivity contribution is 7.84. The predicted octanol–water partition coefficient (Wildman–Crippen LogP) is -1.44. The second-order valence-corrected chi connectivity index (χ2v) is 10.8. The number of benzene rings is 2. The van der Waals surface area contributed by atoms with E-state index in [2.05, 4.69) is 21.3 Å². The molecule has 14 heteroatoms. The van der Waals surface area contributed by atoms with E-state index in [9.17, 15) is 38.4 Å². The van der Waals surface area contributed by atoms with Gasteiger partial charge in [0, 0.05) is 29.2 Å². The van der Waals surface area contributed by atoms with Crippen molar-refractivity contribution in [3.8, 4) is 5.75 Å². The van der Waals surface area contributed by atoms with Gasteiger partial charge in [-0.3, -0.25) is 23.4 Å². The molecule has 0 heterocycles. The fourth-order valence-electron chi connectivity index (χ4n) is 3.64. The maximum Gasteiger partial charge on any atom is 0.326 e. The Morgan fingerprint density at radius 2 is 1.41 bits per heavy atom. The van der Waals surface area contributed by atoms with Crippen molar-refractivity contribution in [2.75, 3.05) is 25.1 Å². The molecule has 2 aromatic carbocycles. The van der Waals surface area contributed by atoms with Crippen LogP contribution in [0.25, 0.3) is 0 Å². The number of nitrogens with one attached hydrogen (secondary N) is 4. The van der Waals surface area contributed by atoms with Gasteiger partial charge in [0.25, 0.3) is 0 Å². The van der Waals surface area contributed by atoms with Crippen LogP contribution >= 0.6 is 0 Å². The van der Waals surface area contributed by atoms with Crippen molar-refractivity contribution in [3.05, 3.63) is 65.7 Å². The SMILES string of the molecule is C[S@](=O)CC[C@H](NC(=O)[C@H](Cc1ccccc1)NC(=O)CNC(=O)CNC(=O)[C@@H](N)Cc1ccc(O)cc1)C(=O)O. The lowest BCUT2D eigenvalue weighted by Gasteiger charge is -2.22. The maximum absolute atomic E-state index is 12.9. The van der Waals surface area contributed by atoms with Crippen LogP contribution in [0.3, 0.4) is 0 Å². The number of carbonyl (C=O) groups excluding carboxylic acids is 4. The smallest absolute Gasteiger partial charge is 0.326 e. The molecule has 0 radical (unpaired) electrons. The second kappa shape index (κ2) is 16.7. The minimum absolute atomic E-state index is 0.0490. The zero-order valence-electron chi connectivity index (χ0n) is 22.5. The number of phenols is 1. The molecule has 2 aromatic rings. The molecule has 222 valence electrons. The van der Waals surface area contributed by atoms with E-state index in [1.807, 2.05) is 0 Å². The summed E-state index contributed by atoms with van der Waals surface area (Å²) in [6.07, 6.45) is 1.59. The summed E-state index contributed by atoms with van der Waals surface area (Å²) in [7, 11) is -1.26. The van der Waals surface area contributed by atoms with Crippen LogP contribution in [-0.2, 0) is 47.6 Å². The average Bonchev–Trinajstić information content (AvgIpc) is 2.93. The Hall–Kier alpha value is -4.30. The summed E-state index contributed by atoms with van der Waals surface area (Å²) >= 11 is 0. The summed E-state index contributed by atoms with van der Waals surface area (Å²) in [5.74, 6) is -3.88. The van der Waals surface area contributed by atoms with Gasteiger partial charge in [-0.15, -0.1) is 0 Å². The van der Waals surface area contributed by atoms with E-state index in [-0.39, 0.29) is 30.8 Å². The largest absolute Gasteiger partial charge is 0.508 e. The monoisotopic (exact) mass is 589 g/mol. The van der Waals surface area contributed by atoms with Crippen LogP contribution in [0.15, 0.2) is 54.6 Å². The number of aliphatic carboxylic acids is 1. The third-order valence-corrected chi connectivity index (χ3v) is 6.65. The molecular formula is C27H35N5O8S. The number of carboxylic acid groups (broad SMARTS) is 1. The number of aromatic hydroxyl groups is 1. The van der Waals surface area contributed by atoms with Gasteiger partial charge < -0.3 is 37.2 Å². The molecule has 4 atom stereocenters. The molecule has 4 amide bonds. The molecule has 0 aliphatic rings. The van der Waals surface area contributed by atoms with Gasteiger partial charge in [0.1, 0.15) is 17.8 Å². The van der Waals surface area contributed by atoms with E-state index >= 15 is 0 Å². The summed E-state index contributed by atoms with van der Waals surface area (Å²) in [5.41, 5.74) is 7.29. The lowest BCUT2D eigenvalue weighted by molar-refractivity contribution is -0.142. The molecule has 0 aromatic heterocycles. The zero-order chi connectivity index (χ0) is 30.4. The lowest BCUT2D eigenvalue weighted by Crippen LogP contribution is -2.54. The molecular weight excluding hydrogens is 554 g/mol. The van der Waals surface area contributed by atoms with Gasteiger partial charge in [0.05, 0.1) is 19.1 Å². The van der Waals surface area contributed by atoms with E-state index in [4.69, 9.17) is 5.73 Å². The molecule has 13 nitrogen and oxygen atoms in total. The number of phenolic OH excluding ortho intramolecular Hbond substituents is 1. The number of nitrogens with two attached hydrogens (primary N) is 1. The Bertz CT molecular complexity index is 1230. The highest BCUT2D eigenvalue weighted by Gasteiger charge is 2.27. The Balaban J connectivity index is 1.89.